The van der Waals surface area contributed by atoms with Gasteiger partial charge >= 0.3 is 0 Å². The third-order valence-corrected chi connectivity index (χ3v) is 5.41. The molecule has 1 aromatic rings. The lowest BCUT2D eigenvalue weighted by Gasteiger charge is -2.21. The lowest BCUT2D eigenvalue weighted by Crippen LogP contribution is -2.38. The van der Waals surface area contributed by atoms with E-state index in [1.807, 2.05) is 13.8 Å². The van der Waals surface area contributed by atoms with E-state index in [4.69, 9.17) is 0 Å². The molecule has 0 radical (unpaired) electrons. The van der Waals surface area contributed by atoms with Gasteiger partial charge < -0.3 is 4.57 Å². The second-order valence-corrected chi connectivity index (χ2v) is 8.35. The standard InChI is InChI=1S/C12H19BrN2O3S/c1-8(2)15-7-10(13)6-11(15)12(16)14(5)19(17,18)9(3)4/h6-9H,1-5H3. The third-order valence-electron chi connectivity index (χ3n) is 2.85. The molecule has 0 unspecified atom stereocenters. The van der Waals surface area contributed by atoms with E-state index in [2.05, 4.69) is 15.9 Å². The molecule has 1 rings (SSSR count). The summed E-state index contributed by atoms with van der Waals surface area (Å²) in [6.07, 6.45) is 1.77. The van der Waals surface area contributed by atoms with Crippen molar-refractivity contribution in [3.8, 4) is 0 Å². The van der Waals surface area contributed by atoms with E-state index in [-0.39, 0.29) is 6.04 Å². The maximum absolute atomic E-state index is 12.3. The first-order chi connectivity index (χ1) is 8.59. The molecule has 0 saturated heterocycles. The third kappa shape index (κ3) is 3.20. The number of nitrogens with zero attached hydrogens (tertiary/aromatic N) is 2. The summed E-state index contributed by atoms with van der Waals surface area (Å²) >= 11 is 3.31. The molecule has 0 aliphatic carbocycles. The average Bonchev–Trinajstić information content (AvgIpc) is 2.69. The first-order valence-corrected chi connectivity index (χ1v) is 8.28. The SMILES string of the molecule is CC(C)n1cc(Br)cc1C(=O)N(C)S(=O)(=O)C(C)C. The van der Waals surface area contributed by atoms with Gasteiger partial charge in [0.05, 0.1) is 5.25 Å². The smallest absolute Gasteiger partial charge is 0.283 e. The first-order valence-electron chi connectivity index (χ1n) is 5.98. The number of halogens is 1. The largest absolute Gasteiger partial charge is 0.340 e. The van der Waals surface area contributed by atoms with Crippen LogP contribution in [0.5, 0.6) is 0 Å². The summed E-state index contributed by atoms with van der Waals surface area (Å²) in [4.78, 5) is 12.3. The normalized spacial score (nSPS) is 12.2. The van der Waals surface area contributed by atoms with E-state index in [0.29, 0.717) is 5.69 Å². The number of aromatic nitrogens is 1. The Kier molecular flexibility index (Phi) is 4.84. The number of carbonyl (C=O) groups is 1. The number of sulfonamides is 1. The fourth-order valence-corrected chi connectivity index (χ4v) is 3.03. The van der Waals surface area contributed by atoms with E-state index in [0.717, 1.165) is 8.78 Å². The molecule has 19 heavy (non-hydrogen) atoms. The van der Waals surface area contributed by atoms with Gasteiger partial charge in [0.25, 0.3) is 5.91 Å². The van der Waals surface area contributed by atoms with Crippen LogP contribution in [-0.4, -0.2) is 35.5 Å². The summed E-state index contributed by atoms with van der Waals surface area (Å²) in [5.41, 5.74) is 0.355. The van der Waals surface area contributed by atoms with Crippen LogP contribution in [0.4, 0.5) is 0 Å². The molecule has 1 heterocycles. The maximum Gasteiger partial charge on any atom is 0.283 e. The molecule has 0 bridgehead atoms. The van der Waals surface area contributed by atoms with Crippen LogP contribution in [-0.2, 0) is 10.0 Å². The molecule has 1 aromatic heterocycles. The summed E-state index contributed by atoms with van der Waals surface area (Å²) in [6, 6.07) is 1.70. The van der Waals surface area contributed by atoms with Gasteiger partial charge in [0.2, 0.25) is 10.0 Å². The Hall–Kier alpha value is -0.820. The van der Waals surface area contributed by atoms with E-state index >= 15 is 0 Å². The van der Waals surface area contributed by atoms with Crippen LogP contribution in [0, 0.1) is 0 Å². The number of hydrogen-bond donors (Lipinski definition) is 0. The zero-order chi connectivity index (χ0) is 15.0. The maximum atomic E-state index is 12.3. The predicted octanol–water partition coefficient (Wildman–Crippen LogP) is 2.64. The Balaban J connectivity index is 3.22. The Bertz CT molecular complexity index is 576. The van der Waals surface area contributed by atoms with Gasteiger partial charge in [-0.25, -0.2) is 12.7 Å². The molecule has 0 aromatic carbocycles. The van der Waals surface area contributed by atoms with Crippen molar-refractivity contribution in [2.24, 2.45) is 0 Å². The van der Waals surface area contributed by atoms with Crippen LogP contribution in [0.15, 0.2) is 16.7 Å². The highest BCUT2D eigenvalue weighted by Gasteiger charge is 2.29. The van der Waals surface area contributed by atoms with E-state index in [9.17, 15) is 13.2 Å². The topological polar surface area (TPSA) is 59.4 Å². The lowest BCUT2D eigenvalue weighted by molar-refractivity contribution is 0.0870. The van der Waals surface area contributed by atoms with Crippen LogP contribution in [0.1, 0.15) is 44.2 Å². The minimum absolute atomic E-state index is 0.0698. The predicted molar refractivity (Wildman–Crippen MR) is 78.7 cm³/mol. The summed E-state index contributed by atoms with van der Waals surface area (Å²) < 4.78 is 27.4. The Morgan fingerprint density at radius 2 is 1.84 bits per heavy atom. The fourth-order valence-electron chi connectivity index (χ4n) is 1.64. The highest BCUT2D eigenvalue weighted by molar-refractivity contribution is 9.10. The first kappa shape index (κ1) is 16.2. The Morgan fingerprint density at radius 1 is 1.32 bits per heavy atom. The highest BCUT2D eigenvalue weighted by Crippen LogP contribution is 2.21. The van der Waals surface area contributed by atoms with Gasteiger partial charge in [-0.15, -0.1) is 0 Å². The van der Waals surface area contributed by atoms with Gasteiger partial charge in [-0.05, 0) is 49.7 Å². The van der Waals surface area contributed by atoms with Crippen molar-refractivity contribution in [2.45, 2.75) is 39.0 Å². The van der Waals surface area contributed by atoms with Gasteiger partial charge in [0, 0.05) is 23.8 Å². The van der Waals surface area contributed by atoms with Crippen molar-refractivity contribution in [1.29, 1.82) is 0 Å². The second kappa shape index (κ2) is 5.66. The molecule has 0 atom stereocenters. The molecule has 5 nitrogen and oxygen atoms in total. The van der Waals surface area contributed by atoms with Crippen molar-refractivity contribution >= 4 is 31.9 Å². The van der Waals surface area contributed by atoms with Crippen molar-refractivity contribution < 1.29 is 13.2 Å². The molecular formula is C12H19BrN2O3S. The summed E-state index contributed by atoms with van der Waals surface area (Å²) in [5.74, 6) is -0.520. The summed E-state index contributed by atoms with van der Waals surface area (Å²) in [7, 11) is -2.31. The van der Waals surface area contributed by atoms with Crippen molar-refractivity contribution in [3.63, 3.8) is 0 Å². The van der Waals surface area contributed by atoms with Gasteiger partial charge in [-0.3, -0.25) is 4.79 Å². The monoisotopic (exact) mass is 350 g/mol. The zero-order valence-corrected chi connectivity index (χ0v) is 14.1. The van der Waals surface area contributed by atoms with Crippen LogP contribution in [0.2, 0.25) is 0 Å². The number of amides is 1. The Labute approximate surface area is 122 Å². The molecule has 0 fully saturated rings. The molecule has 0 spiro atoms. The van der Waals surface area contributed by atoms with Gasteiger partial charge in [0.1, 0.15) is 5.69 Å². The Morgan fingerprint density at radius 3 is 2.26 bits per heavy atom. The number of hydrogen-bond acceptors (Lipinski definition) is 3. The molecule has 0 N–H and O–H groups in total. The fraction of sp³-hybridized carbons (Fsp3) is 0.583. The minimum atomic E-state index is -3.60. The molecule has 0 saturated carbocycles. The molecule has 108 valence electrons. The summed E-state index contributed by atoms with van der Waals surface area (Å²) in [5, 5.41) is -0.632. The average molecular weight is 351 g/mol. The van der Waals surface area contributed by atoms with Crippen LogP contribution >= 0.6 is 15.9 Å². The quantitative estimate of drug-likeness (QED) is 0.838. The van der Waals surface area contributed by atoms with Crippen molar-refractivity contribution in [2.75, 3.05) is 7.05 Å². The summed E-state index contributed by atoms with van der Waals surface area (Å²) in [6.45, 7) is 6.97. The molecule has 0 aliphatic rings. The number of rotatable bonds is 4. The minimum Gasteiger partial charge on any atom is -0.340 e. The molecular weight excluding hydrogens is 332 g/mol. The molecule has 1 amide bonds. The van der Waals surface area contributed by atoms with Gasteiger partial charge in [-0.2, -0.15) is 0 Å². The zero-order valence-electron chi connectivity index (χ0n) is 11.7. The lowest BCUT2D eigenvalue weighted by atomic mass is 10.3. The molecule has 0 aliphatic heterocycles. The van der Waals surface area contributed by atoms with Crippen LogP contribution in [0.25, 0.3) is 0 Å². The van der Waals surface area contributed by atoms with E-state index in [1.54, 1.807) is 30.7 Å². The molecule has 7 heteroatoms. The van der Waals surface area contributed by atoms with Crippen LogP contribution < -0.4 is 0 Å². The van der Waals surface area contributed by atoms with Gasteiger partial charge in [-0.1, -0.05) is 0 Å². The van der Waals surface area contributed by atoms with Crippen molar-refractivity contribution in [3.05, 3.63) is 22.4 Å². The van der Waals surface area contributed by atoms with E-state index < -0.39 is 21.2 Å². The van der Waals surface area contributed by atoms with Crippen LogP contribution in [0.3, 0.4) is 0 Å². The van der Waals surface area contributed by atoms with Gasteiger partial charge in [0.15, 0.2) is 0 Å². The second-order valence-electron chi connectivity index (χ2n) is 4.91. The highest BCUT2D eigenvalue weighted by atomic mass is 79.9. The van der Waals surface area contributed by atoms with Crippen molar-refractivity contribution in [1.82, 2.24) is 8.87 Å². The number of carbonyl (C=O) groups excluding carboxylic acids is 1. The van der Waals surface area contributed by atoms with E-state index in [1.165, 1.54) is 7.05 Å².